The van der Waals surface area contributed by atoms with Gasteiger partial charge in [0.1, 0.15) is 17.4 Å². The summed E-state index contributed by atoms with van der Waals surface area (Å²) in [4.78, 5) is 13.2. The van der Waals surface area contributed by atoms with E-state index in [1.165, 1.54) is 7.11 Å². The molecule has 1 saturated heterocycles. The quantitative estimate of drug-likeness (QED) is 0.645. The summed E-state index contributed by atoms with van der Waals surface area (Å²) in [5.74, 6) is 0.179. The molecule has 1 heterocycles. The molecular formula is C20H20ClN3O3S. The zero-order valence-electron chi connectivity index (χ0n) is 15.4. The largest absolute Gasteiger partial charge is 0.497 e. The average molecular weight is 418 g/mol. The number of carbonyl (C=O) groups is 1. The lowest BCUT2D eigenvalue weighted by Gasteiger charge is -2.35. The summed E-state index contributed by atoms with van der Waals surface area (Å²) in [5, 5.41) is 9.89. The molecule has 0 saturated carbocycles. The van der Waals surface area contributed by atoms with Crippen LogP contribution in [0.4, 0.5) is 5.69 Å². The number of benzene rings is 2. The number of amides is 1. The van der Waals surface area contributed by atoms with Crippen LogP contribution in [0.25, 0.3) is 0 Å². The van der Waals surface area contributed by atoms with Crippen molar-refractivity contribution in [2.45, 2.75) is 6.04 Å². The molecule has 1 aliphatic rings. The molecule has 0 aliphatic carbocycles. The average Bonchev–Trinajstić information content (AvgIpc) is 2.67. The molecule has 28 heavy (non-hydrogen) atoms. The number of nitrogens with one attached hydrogen (secondary N) is 3. The Morgan fingerprint density at radius 1 is 1.21 bits per heavy atom. The number of rotatable bonds is 5. The number of hydrogen-bond acceptors (Lipinski definition) is 4. The van der Waals surface area contributed by atoms with E-state index in [0.717, 1.165) is 5.56 Å². The fourth-order valence-corrected chi connectivity index (χ4v) is 3.60. The molecule has 6 nitrogen and oxygen atoms in total. The van der Waals surface area contributed by atoms with Gasteiger partial charge in [0.25, 0.3) is 0 Å². The van der Waals surface area contributed by atoms with Crippen molar-refractivity contribution < 1.29 is 14.3 Å². The maximum atomic E-state index is 13.2. The summed E-state index contributed by atoms with van der Waals surface area (Å²) in [5.41, 5.74) is 1.77. The summed E-state index contributed by atoms with van der Waals surface area (Å²) in [6, 6.07) is 12.0. The lowest BCUT2D eigenvalue weighted by Crippen LogP contribution is -2.51. The normalized spacial score (nSPS) is 18.7. The van der Waals surface area contributed by atoms with Crippen LogP contribution in [0.2, 0.25) is 5.02 Å². The standard InChI is InChI=1S/C20H20ClN3O3S/c1-11-17(18(24-20(28)22-11)13-6-4-5-7-14(13)21)19(25)23-15-9-8-12(26-2)10-16(15)27-3/h4-10,17-18H,1H2,2-3H3,(H,23,25)(H2,22,24,28)/t17-,18+/m0/s1. The Bertz CT molecular complexity index is 935. The summed E-state index contributed by atoms with van der Waals surface area (Å²) in [7, 11) is 3.09. The molecule has 0 bridgehead atoms. The maximum absolute atomic E-state index is 13.2. The number of ether oxygens (including phenoxy) is 2. The van der Waals surface area contributed by atoms with Crippen LogP contribution in [-0.2, 0) is 4.79 Å². The number of halogens is 1. The fourth-order valence-electron chi connectivity index (χ4n) is 3.09. The van der Waals surface area contributed by atoms with Gasteiger partial charge in [-0.1, -0.05) is 36.4 Å². The number of thiocarbonyl (C=S) groups is 1. The second-order valence-corrected chi connectivity index (χ2v) is 6.97. The van der Waals surface area contributed by atoms with E-state index in [0.29, 0.717) is 33.0 Å². The van der Waals surface area contributed by atoms with Gasteiger partial charge in [0.05, 0.1) is 25.9 Å². The molecule has 0 radical (unpaired) electrons. The third-order valence-electron chi connectivity index (χ3n) is 4.46. The van der Waals surface area contributed by atoms with Crippen molar-refractivity contribution in [2.24, 2.45) is 5.92 Å². The first kappa shape index (κ1) is 20.0. The molecule has 146 valence electrons. The predicted octanol–water partition coefficient (Wildman–Crippen LogP) is 3.64. The lowest BCUT2D eigenvalue weighted by molar-refractivity contribution is -0.119. The molecule has 0 spiro atoms. The van der Waals surface area contributed by atoms with Crippen molar-refractivity contribution in [3.8, 4) is 11.5 Å². The molecule has 1 fully saturated rings. The first-order valence-electron chi connectivity index (χ1n) is 8.48. The van der Waals surface area contributed by atoms with Crippen LogP contribution in [-0.4, -0.2) is 25.2 Å². The van der Waals surface area contributed by atoms with Crippen molar-refractivity contribution in [3.05, 3.63) is 65.3 Å². The second-order valence-electron chi connectivity index (χ2n) is 6.16. The summed E-state index contributed by atoms with van der Waals surface area (Å²) in [6.07, 6.45) is 0. The highest BCUT2D eigenvalue weighted by Crippen LogP contribution is 2.35. The van der Waals surface area contributed by atoms with Crippen molar-refractivity contribution in [1.29, 1.82) is 0 Å². The molecule has 1 amide bonds. The van der Waals surface area contributed by atoms with Crippen LogP contribution >= 0.6 is 23.8 Å². The molecule has 3 N–H and O–H groups in total. The predicted molar refractivity (Wildman–Crippen MR) is 114 cm³/mol. The molecule has 2 aromatic carbocycles. The number of anilines is 1. The minimum absolute atomic E-state index is 0.277. The van der Waals surface area contributed by atoms with Crippen LogP contribution < -0.4 is 25.4 Å². The van der Waals surface area contributed by atoms with Gasteiger partial charge in [-0.05, 0) is 36.0 Å². The number of methoxy groups -OCH3 is 2. The molecule has 0 unspecified atom stereocenters. The highest BCUT2D eigenvalue weighted by molar-refractivity contribution is 7.80. The first-order chi connectivity index (χ1) is 13.4. The Labute approximate surface area is 173 Å². The van der Waals surface area contributed by atoms with Gasteiger partial charge in [-0.25, -0.2) is 0 Å². The minimum Gasteiger partial charge on any atom is -0.497 e. The van der Waals surface area contributed by atoms with E-state index in [1.54, 1.807) is 31.4 Å². The van der Waals surface area contributed by atoms with E-state index in [2.05, 4.69) is 22.5 Å². The monoisotopic (exact) mass is 417 g/mol. The SMILES string of the molecule is C=C1NC(=S)N[C@H](c2ccccc2Cl)[C@H]1C(=O)Nc1ccc(OC)cc1OC. The summed E-state index contributed by atoms with van der Waals surface area (Å²) < 4.78 is 10.6. The van der Waals surface area contributed by atoms with Crippen molar-refractivity contribution in [3.63, 3.8) is 0 Å². The Morgan fingerprint density at radius 2 is 1.96 bits per heavy atom. The zero-order valence-corrected chi connectivity index (χ0v) is 17.0. The molecule has 0 aromatic heterocycles. The highest BCUT2D eigenvalue weighted by atomic mass is 35.5. The van der Waals surface area contributed by atoms with Gasteiger partial charge in [-0.2, -0.15) is 0 Å². The lowest BCUT2D eigenvalue weighted by atomic mass is 9.88. The molecule has 1 aliphatic heterocycles. The smallest absolute Gasteiger partial charge is 0.235 e. The van der Waals surface area contributed by atoms with Gasteiger partial charge in [-0.15, -0.1) is 0 Å². The van der Waals surface area contributed by atoms with Crippen LogP contribution in [0.5, 0.6) is 11.5 Å². The molecular weight excluding hydrogens is 398 g/mol. The topological polar surface area (TPSA) is 71.6 Å². The fraction of sp³-hybridized carbons (Fsp3) is 0.200. The van der Waals surface area contributed by atoms with Gasteiger partial charge in [0.2, 0.25) is 5.91 Å². The van der Waals surface area contributed by atoms with E-state index < -0.39 is 12.0 Å². The molecule has 2 atom stereocenters. The van der Waals surface area contributed by atoms with Gasteiger partial charge in [0.15, 0.2) is 5.11 Å². The second kappa shape index (κ2) is 8.50. The van der Waals surface area contributed by atoms with E-state index in [-0.39, 0.29) is 5.91 Å². The van der Waals surface area contributed by atoms with Crippen LogP contribution in [0.1, 0.15) is 11.6 Å². The maximum Gasteiger partial charge on any atom is 0.235 e. The van der Waals surface area contributed by atoms with Gasteiger partial charge in [0, 0.05) is 16.8 Å². The number of hydrogen-bond donors (Lipinski definition) is 3. The first-order valence-corrected chi connectivity index (χ1v) is 9.27. The minimum atomic E-state index is -0.654. The van der Waals surface area contributed by atoms with E-state index in [1.807, 2.05) is 18.2 Å². The van der Waals surface area contributed by atoms with Crippen LogP contribution in [0.15, 0.2) is 54.7 Å². The zero-order chi connectivity index (χ0) is 20.3. The van der Waals surface area contributed by atoms with Crippen molar-refractivity contribution in [1.82, 2.24) is 10.6 Å². The van der Waals surface area contributed by atoms with E-state index >= 15 is 0 Å². The molecule has 2 aromatic rings. The summed E-state index contributed by atoms with van der Waals surface area (Å²) in [6.45, 7) is 3.99. The highest BCUT2D eigenvalue weighted by Gasteiger charge is 2.37. The summed E-state index contributed by atoms with van der Waals surface area (Å²) >= 11 is 11.6. The third kappa shape index (κ3) is 4.05. The van der Waals surface area contributed by atoms with Crippen molar-refractivity contribution >= 4 is 40.5 Å². The molecule has 8 heteroatoms. The Kier molecular flexibility index (Phi) is 6.06. The Balaban J connectivity index is 1.93. The van der Waals surface area contributed by atoms with E-state index in [4.69, 9.17) is 33.3 Å². The van der Waals surface area contributed by atoms with Gasteiger partial charge >= 0.3 is 0 Å². The number of carbonyl (C=O) groups excluding carboxylic acids is 1. The third-order valence-corrected chi connectivity index (χ3v) is 5.02. The van der Waals surface area contributed by atoms with Gasteiger partial charge in [-0.3, -0.25) is 4.79 Å². The van der Waals surface area contributed by atoms with Crippen LogP contribution in [0.3, 0.4) is 0 Å². The Morgan fingerprint density at radius 3 is 2.64 bits per heavy atom. The van der Waals surface area contributed by atoms with E-state index in [9.17, 15) is 4.79 Å². The van der Waals surface area contributed by atoms with Gasteiger partial charge < -0.3 is 25.4 Å². The van der Waals surface area contributed by atoms with Crippen molar-refractivity contribution in [2.75, 3.05) is 19.5 Å². The van der Waals surface area contributed by atoms with Crippen LogP contribution in [0, 0.1) is 5.92 Å². The molecule has 3 rings (SSSR count). The Hall–Kier alpha value is -2.77.